The highest BCUT2D eigenvalue weighted by Crippen LogP contribution is 1.98. The summed E-state index contributed by atoms with van der Waals surface area (Å²) in [5.41, 5.74) is 5.40. The van der Waals surface area contributed by atoms with E-state index in [-0.39, 0.29) is 0 Å². The van der Waals surface area contributed by atoms with Crippen molar-refractivity contribution in [1.82, 2.24) is 9.78 Å². The van der Waals surface area contributed by atoms with Crippen LogP contribution in [0.25, 0.3) is 0 Å². The summed E-state index contributed by atoms with van der Waals surface area (Å²) < 4.78 is 1.85. The van der Waals surface area contributed by atoms with Gasteiger partial charge in [-0.15, -0.1) is 0 Å². The molecule has 0 bridgehead atoms. The van der Waals surface area contributed by atoms with Gasteiger partial charge >= 0.3 is 0 Å². The zero-order valence-electron chi connectivity index (χ0n) is 5.49. The first kappa shape index (κ1) is 6.29. The Kier molecular flexibility index (Phi) is 1.85. The molecule has 1 aromatic rings. The van der Waals surface area contributed by atoms with Gasteiger partial charge in [0.25, 0.3) is 0 Å². The van der Waals surface area contributed by atoms with E-state index in [1.807, 2.05) is 23.9 Å². The maximum atomic E-state index is 5.40. The molecule has 0 amide bonds. The zero-order chi connectivity index (χ0) is 6.69. The van der Waals surface area contributed by atoms with E-state index in [1.165, 1.54) is 0 Å². The summed E-state index contributed by atoms with van der Waals surface area (Å²) in [7, 11) is 0. The molecule has 9 heavy (non-hydrogen) atoms. The monoisotopic (exact) mass is 125 g/mol. The van der Waals surface area contributed by atoms with Crippen LogP contribution in [0, 0.1) is 0 Å². The predicted molar refractivity (Wildman–Crippen MR) is 36.0 cm³/mol. The van der Waals surface area contributed by atoms with Crippen molar-refractivity contribution in [2.45, 2.75) is 13.0 Å². The maximum absolute atomic E-state index is 5.40. The van der Waals surface area contributed by atoms with E-state index in [9.17, 15) is 0 Å². The third-order valence-electron chi connectivity index (χ3n) is 1.32. The first-order valence-corrected chi connectivity index (χ1v) is 3.04. The van der Waals surface area contributed by atoms with Crippen LogP contribution in [-0.2, 0) is 0 Å². The van der Waals surface area contributed by atoms with E-state index in [0.717, 1.165) is 0 Å². The number of hydrogen-bond donors (Lipinski definition) is 1. The molecule has 0 saturated carbocycles. The molecule has 0 aliphatic carbocycles. The third-order valence-corrected chi connectivity index (χ3v) is 1.32. The molecule has 0 saturated heterocycles. The molecule has 1 rings (SSSR count). The molecular weight excluding hydrogens is 114 g/mol. The van der Waals surface area contributed by atoms with Crippen molar-refractivity contribution >= 4 is 0 Å². The van der Waals surface area contributed by atoms with Crippen LogP contribution >= 0.6 is 0 Å². The minimum atomic E-state index is 0.319. The van der Waals surface area contributed by atoms with Crippen LogP contribution in [0.5, 0.6) is 0 Å². The number of hydrogen-bond acceptors (Lipinski definition) is 2. The number of nitrogens with zero attached hydrogens (tertiary/aromatic N) is 2. The van der Waals surface area contributed by atoms with E-state index in [1.54, 1.807) is 6.20 Å². The van der Waals surface area contributed by atoms with Crippen LogP contribution in [0.15, 0.2) is 18.5 Å². The molecule has 3 nitrogen and oxygen atoms in total. The van der Waals surface area contributed by atoms with Crippen LogP contribution in [-0.4, -0.2) is 16.3 Å². The summed E-state index contributed by atoms with van der Waals surface area (Å²) in [5.74, 6) is 0. The van der Waals surface area contributed by atoms with Gasteiger partial charge < -0.3 is 5.73 Å². The van der Waals surface area contributed by atoms with E-state index in [2.05, 4.69) is 5.10 Å². The minimum Gasteiger partial charge on any atom is -0.328 e. The summed E-state index contributed by atoms with van der Waals surface area (Å²) in [4.78, 5) is 0. The van der Waals surface area contributed by atoms with Gasteiger partial charge in [0.05, 0.1) is 6.04 Å². The van der Waals surface area contributed by atoms with Gasteiger partial charge in [-0.1, -0.05) is 0 Å². The normalized spacial score (nSPS) is 13.6. The summed E-state index contributed by atoms with van der Waals surface area (Å²) >= 11 is 0. The quantitative estimate of drug-likeness (QED) is 0.622. The van der Waals surface area contributed by atoms with Crippen LogP contribution in [0.4, 0.5) is 0 Å². The maximum Gasteiger partial charge on any atom is 0.0613 e. The molecular formula is C6H11N3. The van der Waals surface area contributed by atoms with E-state index in [4.69, 9.17) is 5.73 Å². The molecule has 1 heterocycles. The van der Waals surface area contributed by atoms with Crippen molar-refractivity contribution in [3.8, 4) is 0 Å². The van der Waals surface area contributed by atoms with E-state index >= 15 is 0 Å². The fraction of sp³-hybridized carbons (Fsp3) is 0.500. The molecule has 50 valence electrons. The van der Waals surface area contributed by atoms with E-state index in [0.29, 0.717) is 12.6 Å². The SMILES string of the molecule is CC(CN)n1cccn1. The van der Waals surface area contributed by atoms with Crippen LogP contribution in [0.2, 0.25) is 0 Å². The molecule has 0 spiro atoms. The molecule has 0 aromatic carbocycles. The van der Waals surface area contributed by atoms with Crippen LogP contribution in [0.1, 0.15) is 13.0 Å². The van der Waals surface area contributed by atoms with Crippen molar-refractivity contribution in [2.75, 3.05) is 6.54 Å². The Morgan fingerprint density at radius 3 is 3.00 bits per heavy atom. The van der Waals surface area contributed by atoms with Crippen molar-refractivity contribution in [3.63, 3.8) is 0 Å². The standard InChI is InChI=1S/C6H11N3/c1-6(5-7)9-4-2-3-8-9/h2-4,6H,5,7H2,1H3. The smallest absolute Gasteiger partial charge is 0.0613 e. The van der Waals surface area contributed by atoms with Crippen LogP contribution in [0.3, 0.4) is 0 Å². The fourth-order valence-corrected chi connectivity index (χ4v) is 0.649. The van der Waals surface area contributed by atoms with Gasteiger partial charge in [0.2, 0.25) is 0 Å². The second kappa shape index (κ2) is 2.64. The van der Waals surface area contributed by atoms with Gasteiger partial charge in [0.1, 0.15) is 0 Å². The van der Waals surface area contributed by atoms with Gasteiger partial charge in [0, 0.05) is 18.9 Å². The van der Waals surface area contributed by atoms with E-state index < -0.39 is 0 Å². The third kappa shape index (κ3) is 1.29. The number of rotatable bonds is 2. The Morgan fingerprint density at radius 1 is 1.78 bits per heavy atom. The molecule has 3 heteroatoms. The molecule has 1 unspecified atom stereocenters. The van der Waals surface area contributed by atoms with Gasteiger partial charge in [-0.05, 0) is 13.0 Å². The number of nitrogens with two attached hydrogens (primary N) is 1. The number of aromatic nitrogens is 2. The molecule has 0 aliphatic rings. The Balaban J connectivity index is 2.65. The zero-order valence-corrected chi connectivity index (χ0v) is 5.49. The molecule has 0 aliphatic heterocycles. The lowest BCUT2D eigenvalue weighted by atomic mass is 10.3. The predicted octanol–water partition coefficient (Wildman–Crippen LogP) is 0.403. The Morgan fingerprint density at radius 2 is 2.56 bits per heavy atom. The summed E-state index contributed by atoms with van der Waals surface area (Å²) in [6, 6.07) is 2.21. The molecule has 2 N–H and O–H groups in total. The summed E-state index contributed by atoms with van der Waals surface area (Å²) in [5, 5.41) is 4.02. The topological polar surface area (TPSA) is 43.8 Å². The van der Waals surface area contributed by atoms with Crippen molar-refractivity contribution in [3.05, 3.63) is 18.5 Å². The lowest BCUT2D eigenvalue weighted by molar-refractivity contribution is 0.501. The highest BCUT2D eigenvalue weighted by atomic mass is 15.3. The van der Waals surface area contributed by atoms with Crippen molar-refractivity contribution in [1.29, 1.82) is 0 Å². The molecule has 1 atom stereocenters. The Labute approximate surface area is 54.5 Å². The highest BCUT2D eigenvalue weighted by molar-refractivity contribution is 4.80. The Bertz CT molecular complexity index is 157. The lowest BCUT2D eigenvalue weighted by Crippen LogP contribution is -2.15. The lowest BCUT2D eigenvalue weighted by Gasteiger charge is -2.06. The second-order valence-electron chi connectivity index (χ2n) is 2.07. The average molecular weight is 125 g/mol. The largest absolute Gasteiger partial charge is 0.328 e. The Hall–Kier alpha value is -0.830. The molecule has 0 radical (unpaired) electrons. The van der Waals surface area contributed by atoms with Crippen LogP contribution < -0.4 is 5.73 Å². The minimum absolute atomic E-state index is 0.319. The van der Waals surface area contributed by atoms with Gasteiger partial charge in [0.15, 0.2) is 0 Å². The highest BCUT2D eigenvalue weighted by Gasteiger charge is 1.97. The molecule has 0 fully saturated rings. The average Bonchev–Trinajstić information content (AvgIpc) is 2.37. The van der Waals surface area contributed by atoms with Gasteiger partial charge in [-0.2, -0.15) is 5.10 Å². The van der Waals surface area contributed by atoms with Crippen molar-refractivity contribution < 1.29 is 0 Å². The van der Waals surface area contributed by atoms with Crippen molar-refractivity contribution in [2.24, 2.45) is 5.73 Å². The first-order valence-electron chi connectivity index (χ1n) is 3.04. The molecule has 1 aromatic heterocycles. The first-order chi connectivity index (χ1) is 4.34. The summed E-state index contributed by atoms with van der Waals surface area (Å²) in [6.45, 7) is 2.68. The van der Waals surface area contributed by atoms with Gasteiger partial charge in [-0.3, -0.25) is 4.68 Å². The fourth-order valence-electron chi connectivity index (χ4n) is 0.649. The summed E-state index contributed by atoms with van der Waals surface area (Å²) in [6.07, 6.45) is 3.67. The second-order valence-corrected chi connectivity index (χ2v) is 2.07. The van der Waals surface area contributed by atoms with Gasteiger partial charge in [-0.25, -0.2) is 0 Å².